The summed E-state index contributed by atoms with van der Waals surface area (Å²) in [4.78, 5) is 33.3. The Hall–Kier alpha value is -2.03. The van der Waals surface area contributed by atoms with Crippen LogP contribution in [0.2, 0.25) is 0 Å². The molecule has 1 aliphatic rings. The zero-order valence-electron chi connectivity index (χ0n) is 15.2. The molecule has 0 spiro atoms. The van der Waals surface area contributed by atoms with E-state index in [4.69, 9.17) is 4.74 Å². The summed E-state index contributed by atoms with van der Waals surface area (Å²) in [6.07, 6.45) is 1.63. The van der Waals surface area contributed by atoms with Crippen LogP contribution < -0.4 is 5.56 Å². The van der Waals surface area contributed by atoms with E-state index in [0.717, 1.165) is 30.3 Å². The molecule has 0 N–H and O–H groups in total. The lowest BCUT2D eigenvalue weighted by atomic mass is 10.2. The summed E-state index contributed by atoms with van der Waals surface area (Å²) in [5.74, 6) is -0.0275. The Morgan fingerprint density at radius 3 is 2.69 bits per heavy atom. The number of piperazine rings is 1. The SMILES string of the molecule is COCCn1cc(C(=O)N2CCN(Cc3csc(C)n3)CC2)ccc1=O. The Morgan fingerprint density at radius 1 is 1.27 bits per heavy atom. The van der Waals surface area contributed by atoms with Crippen molar-refractivity contribution in [3.63, 3.8) is 0 Å². The highest BCUT2D eigenvalue weighted by Gasteiger charge is 2.23. The molecule has 0 saturated carbocycles. The van der Waals surface area contributed by atoms with Crippen LogP contribution in [0, 0.1) is 6.92 Å². The molecule has 0 unspecified atom stereocenters. The molecule has 1 fully saturated rings. The number of methoxy groups -OCH3 is 1. The van der Waals surface area contributed by atoms with E-state index in [1.54, 1.807) is 30.7 Å². The number of hydrogen-bond donors (Lipinski definition) is 0. The normalized spacial score (nSPS) is 15.4. The number of ether oxygens (including phenoxy) is 1. The molecular formula is C18H24N4O3S. The van der Waals surface area contributed by atoms with Crippen LogP contribution in [0.4, 0.5) is 0 Å². The van der Waals surface area contributed by atoms with E-state index in [-0.39, 0.29) is 11.5 Å². The van der Waals surface area contributed by atoms with Gasteiger partial charge in [-0.05, 0) is 13.0 Å². The first-order valence-corrected chi connectivity index (χ1v) is 9.57. The molecule has 0 aliphatic carbocycles. The second-order valence-corrected chi connectivity index (χ2v) is 7.43. The fourth-order valence-electron chi connectivity index (χ4n) is 3.02. The Bertz CT molecular complexity index is 809. The van der Waals surface area contributed by atoms with E-state index < -0.39 is 0 Å². The Labute approximate surface area is 156 Å². The number of amides is 1. The Morgan fingerprint density at radius 2 is 2.04 bits per heavy atom. The molecule has 0 bridgehead atoms. The van der Waals surface area contributed by atoms with Gasteiger partial charge in [-0.3, -0.25) is 14.5 Å². The Kier molecular flexibility index (Phi) is 6.18. The lowest BCUT2D eigenvalue weighted by Gasteiger charge is -2.34. The summed E-state index contributed by atoms with van der Waals surface area (Å²) in [6.45, 7) is 6.73. The summed E-state index contributed by atoms with van der Waals surface area (Å²) in [7, 11) is 1.59. The van der Waals surface area contributed by atoms with Gasteiger partial charge in [-0.2, -0.15) is 0 Å². The minimum absolute atomic E-state index is 0.0275. The molecule has 0 aromatic carbocycles. The topological polar surface area (TPSA) is 67.7 Å². The van der Waals surface area contributed by atoms with E-state index >= 15 is 0 Å². The van der Waals surface area contributed by atoms with Gasteiger partial charge in [0.15, 0.2) is 0 Å². The number of nitrogens with zero attached hydrogens (tertiary/aromatic N) is 4. The van der Waals surface area contributed by atoms with Gasteiger partial charge in [0.25, 0.3) is 11.5 Å². The number of hydrogen-bond acceptors (Lipinski definition) is 6. The van der Waals surface area contributed by atoms with Crippen molar-refractivity contribution >= 4 is 17.2 Å². The van der Waals surface area contributed by atoms with Gasteiger partial charge in [0.05, 0.1) is 22.9 Å². The van der Waals surface area contributed by atoms with Crippen molar-refractivity contribution in [3.05, 3.63) is 50.3 Å². The van der Waals surface area contributed by atoms with Crippen molar-refractivity contribution in [1.82, 2.24) is 19.4 Å². The lowest BCUT2D eigenvalue weighted by molar-refractivity contribution is 0.0626. The highest BCUT2D eigenvalue weighted by atomic mass is 32.1. The first kappa shape index (κ1) is 18.8. The molecule has 1 aliphatic heterocycles. The van der Waals surface area contributed by atoms with Crippen molar-refractivity contribution in [1.29, 1.82) is 0 Å². The van der Waals surface area contributed by atoms with Crippen molar-refractivity contribution in [2.45, 2.75) is 20.0 Å². The average Bonchev–Trinajstić information content (AvgIpc) is 3.06. The van der Waals surface area contributed by atoms with Gasteiger partial charge in [0.2, 0.25) is 0 Å². The second-order valence-electron chi connectivity index (χ2n) is 6.37. The molecule has 7 nitrogen and oxygen atoms in total. The van der Waals surface area contributed by atoms with Gasteiger partial charge >= 0.3 is 0 Å². The summed E-state index contributed by atoms with van der Waals surface area (Å²) in [6, 6.07) is 3.06. The van der Waals surface area contributed by atoms with Crippen LogP contribution in [0.3, 0.4) is 0 Å². The van der Waals surface area contributed by atoms with Gasteiger partial charge in [0, 0.05) is 64.0 Å². The standard InChI is InChI=1S/C18H24N4O3S/c1-14-19-16(13-26-14)12-20-5-7-21(8-6-20)18(24)15-3-4-17(23)22(11-15)9-10-25-2/h3-4,11,13H,5-10,12H2,1-2H3. The molecule has 8 heteroatoms. The number of rotatable bonds is 6. The predicted octanol–water partition coefficient (Wildman–Crippen LogP) is 1.22. The van der Waals surface area contributed by atoms with Crippen LogP contribution in [0.5, 0.6) is 0 Å². The molecule has 1 amide bonds. The fraction of sp³-hybridized carbons (Fsp3) is 0.500. The number of pyridine rings is 1. The Balaban J connectivity index is 1.58. The van der Waals surface area contributed by atoms with Crippen LogP contribution in [0.25, 0.3) is 0 Å². The summed E-state index contributed by atoms with van der Waals surface area (Å²) in [5, 5.41) is 3.17. The quantitative estimate of drug-likeness (QED) is 0.758. The highest BCUT2D eigenvalue weighted by molar-refractivity contribution is 7.09. The largest absolute Gasteiger partial charge is 0.383 e. The fourth-order valence-corrected chi connectivity index (χ4v) is 3.63. The highest BCUT2D eigenvalue weighted by Crippen LogP contribution is 2.13. The molecule has 2 aromatic rings. The van der Waals surface area contributed by atoms with Crippen molar-refractivity contribution in [2.75, 3.05) is 39.9 Å². The number of aromatic nitrogens is 2. The molecule has 140 valence electrons. The van der Waals surface area contributed by atoms with E-state index in [2.05, 4.69) is 15.3 Å². The molecule has 3 heterocycles. The van der Waals surface area contributed by atoms with Crippen molar-refractivity contribution in [3.8, 4) is 0 Å². The number of carbonyl (C=O) groups excluding carboxylic acids is 1. The average molecular weight is 376 g/mol. The molecular weight excluding hydrogens is 352 g/mol. The summed E-state index contributed by atoms with van der Waals surface area (Å²) < 4.78 is 6.54. The van der Waals surface area contributed by atoms with Crippen LogP contribution in [0.15, 0.2) is 28.5 Å². The molecule has 0 atom stereocenters. The maximum absolute atomic E-state index is 12.8. The lowest BCUT2D eigenvalue weighted by Crippen LogP contribution is -2.48. The third-order valence-corrected chi connectivity index (χ3v) is 5.30. The van der Waals surface area contributed by atoms with Gasteiger partial charge in [-0.15, -0.1) is 11.3 Å². The maximum atomic E-state index is 12.8. The second kappa shape index (κ2) is 8.57. The molecule has 3 rings (SSSR count). The van der Waals surface area contributed by atoms with Gasteiger partial charge in [-0.25, -0.2) is 4.98 Å². The van der Waals surface area contributed by atoms with Crippen LogP contribution in [0.1, 0.15) is 21.1 Å². The zero-order chi connectivity index (χ0) is 18.5. The van der Waals surface area contributed by atoms with Crippen LogP contribution in [-0.4, -0.2) is 65.2 Å². The van der Waals surface area contributed by atoms with Crippen molar-refractivity contribution < 1.29 is 9.53 Å². The predicted molar refractivity (Wildman–Crippen MR) is 101 cm³/mol. The number of thiazole rings is 1. The van der Waals surface area contributed by atoms with E-state index in [1.165, 1.54) is 10.6 Å². The number of carbonyl (C=O) groups is 1. The molecule has 2 aromatic heterocycles. The van der Waals surface area contributed by atoms with Crippen LogP contribution in [-0.2, 0) is 17.8 Å². The number of aryl methyl sites for hydroxylation is 1. The van der Waals surface area contributed by atoms with Crippen LogP contribution >= 0.6 is 11.3 Å². The molecule has 0 radical (unpaired) electrons. The maximum Gasteiger partial charge on any atom is 0.255 e. The summed E-state index contributed by atoms with van der Waals surface area (Å²) >= 11 is 1.66. The van der Waals surface area contributed by atoms with Crippen molar-refractivity contribution in [2.24, 2.45) is 0 Å². The first-order chi connectivity index (χ1) is 12.6. The summed E-state index contributed by atoms with van der Waals surface area (Å²) in [5.41, 5.74) is 1.52. The third kappa shape index (κ3) is 4.57. The van der Waals surface area contributed by atoms with E-state index in [1.807, 2.05) is 11.8 Å². The third-order valence-electron chi connectivity index (χ3n) is 4.48. The zero-order valence-corrected chi connectivity index (χ0v) is 16.0. The van der Waals surface area contributed by atoms with Gasteiger partial charge < -0.3 is 14.2 Å². The molecule has 1 saturated heterocycles. The molecule has 26 heavy (non-hydrogen) atoms. The first-order valence-electron chi connectivity index (χ1n) is 8.69. The minimum atomic E-state index is -0.123. The van der Waals surface area contributed by atoms with Gasteiger partial charge in [0.1, 0.15) is 0 Å². The minimum Gasteiger partial charge on any atom is -0.383 e. The monoisotopic (exact) mass is 376 g/mol. The van der Waals surface area contributed by atoms with E-state index in [9.17, 15) is 9.59 Å². The van der Waals surface area contributed by atoms with E-state index in [0.29, 0.717) is 31.8 Å². The van der Waals surface area contributed by atoms with Gasteiger partial charge in [-0.1, -0.05) is 0 Å². The smallest absolute Gasteiger partial charge is 0.255 e.